The van der Waals surface area contributed by atoms with Gasteiger partial charge in [0.1, 0.15) is 6.29 Å². The third-order valence-corrected chi connectivity index (χ3v) is 3.46. The van der Waals surface area contributed by atoms with Gasteiger partial charge in [-0.15, -0.1) is 0 Å². The maximum absolute atomic E-state index is 10.0. The minimum absolute atomic E-state index is 0.278. The second kappa shape index (κ2) is 23.3. The quantitative estimate of drug-likeness (QED) is 0.154. The molecule has 0 bridgehead atoms. The molecule has 131 valence electrons. The fraction of sp³-hybridized carbons (Fsp3) is 0.786. The Morgan fingerprint density at radius 2 is 1.23 bits per heavy atom. The average Bonchev–Trinajstić information content (AvgIpc) is 3.13. The van der Waals surface area contributed by atoms with Crippen LogP contribution in [0.5, 0.6) is 0 Å². The van der Waals surface area contributed by atoms with Gasteiger partial charge in [0.15, 0.2) is 0 Å². The van der Waals surface area contributed by atoms with Crippen molar-refractivity contribution in [3.63, 3.8) is 0 Å². The molecule has 0 amide bonds. The van der Waals surface area contributed by atoms with Crippen LogP contribution in [0, 0.1) is 11.8 Å². The zero-order chi connectivity index (χ0) is 17.2. The fourth-order valence-electron chi connectivity index (χ4n) is 2.52. The first kappa shape index (κ1) is 28.4. The van der Waals surface area contributed by atoms with Gasteiger partial charge in [-0.25, -0.2) is 0 Å². The summed E-state index contributed by atoms with van der Waals surface area (Å²) in [6.45, 7) is 2.11. The molecule has 2 aliphatic carbocycles. The minimum atomic E-state index is -0.278. The molecule has 0 heterocycles. The second-order valence-electron chi connectivity index (χ2n) is 5.01. The number of hydrogen-bond acceptors (Lipinski definition) is 1. The van der Waals surface area contributed by atoms with E-state index >= 15 is 0 Å². The molecule has 0 saturated heterocycles. The first-order valence-corrected chi connectivity index (χ1v) is 29.8. The van der Waals surface area contributed by atoms with Crippen molar-refractivity contribution in [2.24, 2.45) is 11.8 Å². The van der Waals surface area contributed by atoms with Crippen molar-refractivity contribution in [1.29, 1.82) is 0 Å². The van der Waals surface area contributed by atoms with Crippen LogP contribution in [-0.4, -0.2) is 6.29 Å². The van der Waals surface area contributed by atoms with Crippen molar-refractivity contribution in [3.05, 3.63) is 12.2 Å². The molecule has 0 aromatic rings. The third kappa shape index (κ3) is 24.2. The summed E-state index contributed by atoms with van der Waals surface area (Å²) >= 11 is 12.1. The molecule has 22 heavy (non-hydrogen) atoms. The van der Waals surface area contributed by atoms with Gasteiger partial charge in [-0.3, -0.25) is 0 Å². The second-order valence-corrected chi connectivity index (χ2v) is 52.2. The summed E-state index contributed by atoms with van der Waals surface area (Å²) in [5.41, 5.74) is 0. The molecule has 8 heteroatoms. The monoisotopic (exact) mass is 945 g/mol. The number of hydrogen-bond donors (Lipinski definition) is 0. The van der Waals surface area contributed by atoms with Gasteiger partial charge in [-0.05, 0) is 38.5 Å². The molecule has 0 radical (unpaired) electrons. The molecule has 2 aliphatic rings. The molecule has 2 rings (SSSR count). The number of rotatable bonds is 2. The molecule has 0 aromatic carbocycles. The summed E-state index contributed by atoms with van der Waals surface area (Å²) in [4.78, 5) is 9.73. The van der Waals surface area contributed by atoms with E-state index in [1.54, 1.807) is 0 Å². The van der Waals surface area contributed by atoms with E-state index in [4.69, 9.17) is 0 Å². The van der Waals surface area contributed by atoms with Gasteiger partial charge in [-0.2, -0.15) is 0 Å². The molecule has 0 spiro atoms. The Labute approximate surface area is 203 Å². The van der Waals surface area contributed by atoms with Crippen molar-refractivity contribution in [3.8, 4) is 0 Å². The molecule has 2 fully saturated rings. The molecule has 0 N–H and O–H groups in total. The van der Waals surface area contributed by atoms with Crippen LogP contribution in [0.4, 0.5) is 0 Å². The van der Waals surface area contributed by atoms with E-state index in [-0.39, 0.29) is 4.92 Å². The Bertz CT molecular complexity index is 253. The van der Waals surface area contributed by atoms with Crippen LogP contribution in [-0.2, 0) is 19.2 Å². The van der Waals surface area contributed by atoms with E-state index in [1.807, 2.05) is 0 Å². The average molecular weight is 945 g/mol. The van der Waals surface area contributed by atoms with E-state index in [9.17, 15) is 4.79 Å². The van der Waals surface area contributed by atoms with Crippen molar-refractivity contribution in [1.82, 2.24) is 0 Å². The normalized spacial score (nSPS) is 18.0. The summed E-state index contributed by atoms with van der Waals surface area (Å²) in [5.74, 6) is 1.35. The summed E-state index contributed by atoms with van der Waals surface area (Å²) < 4.78 is 0. The van der Waals surface area contributed by atoms with Crippen LogP contribution < -0.4 is 0 Å². The Morgan fingerprint density at radius 1 is 0.909 bits per heavy atom. The van der Waals surface area contributed by atoms with Crippen molar-refractivity contribution >= 4 is 106 Å². The number of carbonyl (C=O) groups is 1. The predicted octanol–water partition coefficient (Wildman–Crippen LogP) is 8.55. The predicted molar refractivity (Wildman–Crippen MR) is 135 cm³/mol. The van der Waals surface area contributed by atoms with E-state index in [0.717, 1.165) is 25.0 Å². The first-order chi connectivity index (χ1) is 10.5. The molecule has 0 aliphatic heterocycles. The van der Waals surface area contributed by atoms with Gasteiger partial charge < -0.3 is 4.79 Å². The number of allylic oxidation sites excluding steroid dienone is 2. The van der Waals surface area contributed by atoms with Crippen LogP contribution in [0.3, 0.4) is 0 Å². The molecule has 2 saturated carbocycles. The van der Waals surface area contributed by atoms with Gasteiger partial charge in [0.2, 0.25) is 0 Å². The van der Waals surface area contributed by atoms with Crippen molar-refractivity contribution in [2.75, 3.05) is 0 Å². The van der Waals surface area contributed by atoms with Gasteiger partial charge >= 0.3 is 114 Å². The molecule has 1 nitrogen and oxygen atoms in total. The molecular formula is C14H24I5OV2. The van der Waals surface area contributed by atoms with Crippen LogP contribution in [0.1, 0.15) is 58.3 Å². The van der Waals surface area contributed by atoms with Crippen molar-refractivity contribution in [2.45, 2.75) is 58.3 Å². The van der Waals surface area contributed by atoms with Gasteiger partial charge in [0, 0.05) is 5.92 Å². The summed E-state index contributed by atoms with van der Waals surface area (Å²) in [6, 6.07) is 0. The number of halogens is 5. The SMILES string of the molecule is C/C=C/C1CCCC1.O=CC1CCCC1.[I][V]([I])[I].[I][V][I]. The first-order valence-electron chi connectivity index (χ1n) is 7.29. The molecule has 0 atom stereocenters. The van der Waals surface area contributed by atoms with Crippen LogP contribution in [0.15, 0.2) is 12.2 Å². The van der Waals surface area contributed by atoms with E-state index in [2.05, 4.69) is 119 Å². The van der Waals surface area contributed by atoms with Gasteiger partial charge in [0.05, 0.1) is 0 Å². The topological polar surface area (TPSA) is 17.1 Å². The Morgan fingerprint density at radius 3 is 1.45 bits per heavy atom. The summed E-state index contributed by atoms with van der Waals surface area (Å²) in [5, 5.41) is 0. The molecule has 0 unspecified atom stereocenters. The Balaban J connectivity index is 0. The van der Waals surface area contributed by atoms with Crippen LogP contribution >= 0.6 is 99.9 Å². The zero-order valence-electron chi connectivity index (χ0n) is 12.7. The number of carbonyl (C=O) groups excluding carboxylic acids is 1. The van der Waals surface area contributed by atoms with E-state index in [1.165, 1.54) is 38.5 Å². The van der Waals surface area contributed by atoms with Crippen LogP contribution in [0.25, 0.3) is 0 Å². The van der Waals surface area contributed by atoms with Crippen molar-refractivity contribution < 1.29 is 19.2 Å². The summed E-state index contributed by atoms with van der Waals surface area (Å²) in [7, 11) is 0.628. The van der Waals surface area contributed by atoms with Gasteiger partial charge in [-0.1, -0.05) is 37.8 Å². The van der Waals surface area contributed by atoms with E-state index < -0.39 is 0 Å². The molecule has 0 aromatic heterocycles. The zero-order valence-corrected chi connectivity index (χ0v) is 26.3. The Hall–Kier alpha value is 4.23. The Kier molecular flexibility index (Phi) is 30.1. The van der Waals surface area contributed by atoms with E-state index in [0.29, 0.717) is 15.4 Å². The number of aldehydes is 1. The standard InChI is InChI=1S/C8H14.C6H10O.5HI.2V/c1-2-5-8-6-3-4-7-8;7-5-6-3-1-2-4-6;;;;;;;/h2,5,8H,3-4,6-7H2,1H3;5-6H,1-4H2;5*1H;;/q;;;;;;;+2;+3/p-5/b5-2+;;;;;;;;. The summed E-state index contributed by atoms with van der Waals surface area (Å²) in [6.07, 6.45) is 16.2. The molecular weight excluding hydrogens is 921 g/mol. The fourth-order valence-corrected chi connectivity index (χ4v) is 2.52. The maximum atomic E-state index is 10.0. The van der Waals surface area contributed by atoms with Gasteiger partial charge in [0.25, 0.3) is 0 Å². The van der Waals surface area contributed by atoms with Crippen LogP contribution in [0.2, 0.25) is 0 Å². The third-order valence-electron chi connectivity index (χ3n) is 3.46.